The third-order valence-electron chi connectivity index (χ3n) is 5.08. The van der Waals surface area contributed by atoms with E-state index in [1.807, 2.05) is 0 Å². The molecule has 8 nitrogen and oxygen atoms in total. The number of halogens is 3. The summed E-state index contributed by atoms with van der Waals surface area (Å²) in [5.41, 5.74) is -2.20. The summed E-state index contributed by atoms with van der Waals surface area (Å²) in [6, 6.07) is 3.62. The lowest BCUT2D eigenvalue weighted by Gasteiger charge is -2.28. The zero-order chi connectivity index (χ0) is 23.0. The van der Waals surface area contributed by atoms with Gasteiger partial charge in [0.25, 0.3) is 5.91 Å². The number of amides is 3. The lowest BCUT2D eigenvalue weighted by molar-refractivity contribution is -0.124. The highest BCUT2D eigenvalue weighted by molar-refractivity contribution is 7.89. The highest BCUT2D eigenvalue weighted by Gasteiger charge is 2.47. The fourth-order valence-corrected chi connectivity index (χ4v) is 4.38. The van der Waals surface area contributed by atoms with Gasteiger partial charge in [-0.1, -0.05) is 12.2 Å². The van der Waals surface area contributed by atoms with Crippen molar-refractivity contribution < 1.29 is 35.9 Å². The Kier molecular flexibility index (Phi) is 5.89. The molecule has 0 radical (unpaired) electrons. The fraction of sp³-hybridized carbons (Fsp3) is 0.368. The van der Waals surface area contributed by atoms with E-state index in [1.165, 1.54) is 44.2 Å². The van der Waals surface area contributed by atoms with Crippen molar-refractivity contribution in [3.8, 4) is 5.75 Å². The van der Waals surface area contributed by atoms with Gasteiger partial charge in [-0.05, 0) is 44.2 Å². The van der Waals surface area contributed by atoms with Crippen molar-refractivity contribution in [1.29, 1.82) is 0 Å². The Labute approximate surface area is 176 Å². The topological polar surface area (TPSA) is 114 Å². The first kappa shape index (κ1) is 22.8. The number of carbonyl (C=O) groups is 2. The zero-order valence-electron chi connectivity index (χ0n) is 16.5. The van der Waals surface area contributed by atoms with E-state index >= 15 is 0 Å². The molecule has 1 aromatic carbocycles. The number of rotatable bonds is 6. The quantitative estimate of drug-likeness (QED) is 0.564. The number of ether oxygens (including phenoxy) is 1. The molecule has 1 unspecified atom stereocenters. The molecule has 1 aliphatic heterocycles. The highest BCUT2D eigenvalue weighted by atomic mass is 32.2. The minimum atomic E-state index is -4.42. The molecule has 3 N–H and O–H groups in total. The van der Waals surface area contributed by atoms with E-state index in [9.17, 15) is 31.2 Å². The Morgan fingerprint density at radius 3 is 2.35 bits per heavy atom. The van der Waals surface area contributed by atoms with Crippen LogP contribution in [0.15, 0.2) is 53.0 Å². The summed E-state index contributed by atoms with van der Waals surface area (Å²) >= 11 is 0. The number of urea groups is 1. The van der Waals surface area contributed by atoms with Gasteiger partial charge in [0, 0.05) is 6.42 Å². The van der Waals surface area contributed by atoms with Crippen molar-refractivity contribution >= 4 is 22.0 Å². The molecule has 2 aliphatic rings. The average Bonchev–Trinajstić information content (AvgIpc) is 2.94. The number of nitrogens with one attached hydrogen (secondary N) is 3. The molecule has 3 atom stereocenters. The van der Waals surface area contributed by atoms with Crippen LogP contribution >= 0.6 is 0 Å². The van der Waals surface area contributed by atoms with Crippen molar-refractivity contribution in [1.82, 2.24) is 15.4 Å². The van der Waals surface area contributed by atoms with Crippen LogP contribution in [0.4, 0.5) is 18.0 Å². The fourth-order valence-electron chi connectivity index (χ4n) is 3.05. The van der Waals surface area contributed by atoms with Crippen molar-refractivity contribution in [3.05, 3.63) is 48.1 Å². The van der Waals surface area contributed by atoms with Crippen LogP contribution in [0.2, 0.25) is 0 Å². The largest absolute Gasteiger partial charge is 0.486 e. The van der Waals surface area contributed by atoms with E-state index in [1.54, 1.807) is 0 Å². The first-order valence-electron chi connectivity index (χ1n) is 9.19. The number of sulfonamides is 1. The predicted molar refractivity (Wildman–Crippen MR) is 104 cm³/mol. The Balaban J connectivity index is 1.64. The van der Waals surface area contributed by atoms with Gasteiger partial charge in [0.2, 0.25) is 10.0 Å². The molecule has 0 spiro atoms. The summed E-state index contributed by atoms with van der Waals surface area (Å²) in [6.45, 7) is 2.84. The van der Waals surface area contributed by atoms with Gasteiger partial charge in [0.1, 0.15) is 17.4 Å². The maximum Gasteiger partial charge on any atom is 0.416 e. The van der Waals surface area contributed by atoms with Gasteiger partial charge in [0.15, 0.2) is 0 Å². The van der Waals surface area contributed by atoms with Crippen LogP contribution in [0, 0.1) is 0 Å². The van der Waals surface area contributed by atoms with Gasteiger partial charge in [-0.15, -0.1) is 0 Å². The first-order valence-corrected chi connectivity index (χ1v) is 10.7. The molecular weight excluding hydrogens is 439 g/mol. The lowest BCUT2D eigenvalue weighted by Crippen LogP contribution is -2.59. The van der Waals surface area contributed by atoms with Crippen LogP contribution in [-0.4, -0.2) is 44.2 Å². The molecule has 0 saturated carbocycles. The van der Waals surface area contributed by atoms with E-state index in [-0.39, 0.29) is 17.1 Å². The molecule has 1 saturated heterocycles. The summed E-state index contributed by atoms with van der Waals surface area (Å²) in [7, 11) is -4.03. The number of hydrogen-bond donors (Lipinski definition) is 3. The molecule has 168 valence electrons. The van der Waals surface area contributed by atoms with Crippen LogP contribution in [0.3, 0.4) is 0 Å². The molecule has 12 heteroatoms. The maximum absolute atomic E-state index is 12.6. The molecular formula is C19H20F3N3O5S. The van der Waals surface area contributed by atoms with Crippen molar-refractivity contribution in [2.45, 2.75) is 49.0 Å². The van der Waals surface area contributed by atoms with E-state index in [0.29, 0.717) is 0 Å². The summed E-state index contributed by atoms with van der Waals surface area (Å²) < 4.78 is 71.1. The maximum atomic E-state index is 12.6. The van der Waals surface area contributed by atoms with Crippen LogP contribution in [0.25, 0.3) is 0 Å². The second-order valence-electron chi connectivity index (χ2n) is 7.33. The van der Waals surface area contributed by atoms with E-state index < -0.39 is 51.4 Å². The SMILES string of the molecule is C[C@@H](NS(=O)(=O)c1ccc(OC2C=CC(C(F)(F)F)=CC2)cc1)[C@@]1(C)NC(=O)NC1=O. The van der Waals surface area contributed by atoms with Crippen molar-refractivity contribution in [2.24, 2.45) is 0 Å². The lowest BCUT2D eigenvalue weighted by atomic mass is 9.95. The second kappa shape index (κ2) is 8.00. The summed E-state index contributed by atoms with van der Waals surface area (Å²) in [6.07, 6.45) is -1.74. The van der Waals surface area contributed by atoms with Gasteiger partial charge < -0.3 is 10.1 Å². The van der Waals surface area contributed by atoms with Gasteiger partial charge in [-0.3, -0.25) is 10.1 Å². The molecule has 1 aliphatic carbocycles. The van der Waals surface area contributed by atoms with Crippen LogP contribution < -0.4 is 20.1 Å². The summed E-state index contributed by atoms with van der Waals surface area (Å²) in [5, 5.41) is 4.45. The molecule has 1 aromatic rings. The van der Waals surface area contributed by atoms with E-state index in [2.05, 4.69) is 15.4 Å². The monoisotopic (exact) mass is 459 g/mol. The normalized spacial score (nSPS) is 24.9. The molecule has 0 aromatic heterocycles. The zero-order valence-corrected chi connectivity index (χ0v) is 17.3. The van der Waals surface area contributed by atoms with Gasteiger partial charge in [0.05, 0.1) is 16.5 Å². The van der Waals surface area contributed by atoms with Crippen molar-refractivity contribution in [3.63, 3.8) is 0 Å². The third-order valence-corrected chi connectivity index (χ3v) is 6.64. The van der Waals surface area contributed by atoms with Gasteiger partial charge in [-0.2, -0.15) is 13.2 Å². The number of benzene rings is 1. The molecule has 3 amide bonds. The predicted octanol–water partition coefficient (Wildman–Crippen LogP) is 2.15. The smallest absolute Gasteiger partial charge is 0.416 e. The number of allylic oxidation sites excluding steroid dienone is 2. The third kappa shape index (κ3) is 4.90. The number of carbonyl (C=O) groups excluding carboxylic acids is 2. The molecule has 3 rings (SSSR count). The summed E-state index contributed by atoms with van der Waals surface area (Å²) in [5.74, 6) is -0.375. The van der Waals surface area contributed by atoms with Gasteiger partial charge >= 0.3 is 12.2 Å². The Morgan fingerprint density at radius 1 is 1.23 bits per heavy atom. The minimum Gasteiger partial charge on any atom is -0.486 e. The van der Waals surface area contributed by atoms with Crippen molar-refractivity contribution in [2.75, 3.05) is 0 Å². The van der Waals surface area contributed by atoms with E-state index in [4.69, 9.17) is 4.74 Å². The highest BCUT2D eigenvalue weighted by Crippen LogP contribution is 2.30. The first-order chi connectivity index (χ1) is 14.3. The number of alkyl halides is 3. The molecule has 31 heavy (non-hydrogen) atoms. The van der Waals surface area contributed by atoms with E-state index in [0.717, 1.165) is 12.2 Å². The van der Waals surface area contributed by atoms with Gasteiger partial charge in [-0.25, -0.2) is 17.9 Å². The Morgan fingerprint density at radius 2 is 1.87 bits per heavy atom. The molecule has 1 heterocycles. The second-order valence-corrected chi connectivity index (χ2v) is 9.05. The standard InChI is InChI=1S/C19H20F3N3O5S/c1-11(18(2)16(26)23-17(27)24-18)25-31(28,29)15-9-7-14(8-10-15)30-13-5-3-12(4-6-13)19(20,21)22/h3-5,7-11,13,25H,6H2,1-2H3,(H2,23,24,26,27)/t11-,13?,18-/m1/s1. The summed E-state index contributed by atoms with van der Waals surface area (Å²) in [4.78, 5) is 23.2. The Bertz CT molecular complexity index is 1050. The molecule has 1 fully saturated rings. The minimum absolute atomic E-state index is 0.0246. The Hall–Kier alpha value is -2.86. The average molecular weight is 459 g/mol. The van der Waals surface area contributed by atoms with Crippen LogP contribution in [0.5, 0.6) is 5.75 Å². The number of hydrogen-bond acceptors (Lipinski definition) is 5. The van der Waals surface area contributed by atoms with Crippen LogP contribution in [0.1, 0.15) is 20.3 Å². The molecule has 0 bridgehead atoms. The van der Waals surface area contributed by atoms with Crippen LogP contribution in [-0.2, 0) is 14.8 Å². The number of imide groups is 1.